The van der Waals surface area contributed by atoms with Crippen molar-refractivity contribution in [3.05, 3.63) is 64.7 Å². The zero-order valence-corrected chi connectivity index (χ0v) is 17.8. The molecule has 0 bridgehead atoms. The number of urea groups is 1. The molecule has 0 spiro atoms. The third kappa shape index (κ3) is 5.33. The molecule has 11 heteroatoms. The summed E-state index contributed by atoms with van der Waals surface area (Å²) >= 11 is 5.86. The fourth-order valence-electron chi connectivity index (χ4n) is 2.33. The summed E-state index contributed by atoms with van der Waals surface area (Å²) in [6, 6.07) is 11.0. The topological polar surface area (TPSA) is 111 Å². The highest BCUT2D eigenvalue weighted by molar-refractivity contribution is 7.90. The molecule has 0 radical (unpaired) electrons. The number of amides is 2. The molecule has 152 valence electrons. The second-order valence-corrected chi connectivity index (χ2v) is 10.2. The number of carbonyl (C=O) groups is 1. The molecule has 0 fully saturated rings. The lowest BCUT2D eigenvalue weighted by molar-refractivity contribution is 0.235. The van der Waals surface area contributed by atoms with E-state index in [1.165, 1.54) is 36.4 Å². The van der Waals surface area contributed by atoms with Crippen molar-refractivity contribution in [3.8, 4) is 0 Å². The van der Waals surface area contributed by atoms with Gasteiger partial charge in [0, 0.05) is 19.2 Å². The third-order valence-electron chi connectivity index (χ3n) is 3.84. The van der Waals surface area contributed by atoms with Crippen molar-refractivity contribution < 1.29 is 26.8 Å². The van der Waals surface area contributed by atoms with Gasteiger partial charge < -0.3 is 14.4 Å². The van der Waals surface area contributed by atoms with Gasteiger partial charge in [-0.15, -0.1) is 0 Å². The van der Waals surface area contributed by atoms with Crippen LogP contribution in [0.3, 0.4) is 0 Å². The van der Waals surface area contributed by atoms with Gasteiger partial charge >= 0.3 is 13.6 Å². The van der Waals surface area contributed by atoms with E-state index in [0.717, 1.165) is 19.8 Å². The minimum Gasteiger partial charge on any atom is -0.319 e. The second-order valence-electron chi connectivity index (χ2n) is 5.75. The number of halogens is 1. The Hall–Kier alpha value is -1.90. The van der Waals surface area contributed by atoms with Crippen LogP contribution in [0.4, 0.5) is 4.79 Å². The molecule has 0 aliphatic rings. The molecule has 1 atom stereocenters. The van der Waals surface area contributed by atoms with Crippen molar-refractivity contribution in [1.29, 1.82) is 0 Å². The zero-order valence-electron chi connectivity index (χ0n) is 15.4. The molecule has 0 aliphatic carbocycles. The molecule has 2 amide bonds. The number of carbonyl (C=O) groups excluding carboxylic acids is 1. The maximum atomic E-state index is 12.9. The summed E-state index contributed by atoms with van der Waals surface area (Å²) in [7, 11) is -5.64. The molecule has 2 rings (SSSR count). The van der Waals surface area contributed by atoms with E-state index < -0.39 is 29.4 Å². The van der Waals surface area contributed by atoms with Crippen LogP contribution < -0.4 is 10.0 Å². The number of nitrogens with one attached hydrogen (secondary N) is 2. The molecule has 2 N–H and O–H groups in total. The minimum atomic E-state index is -4.12. The number of aryl methyl sites for hydroxylation is 1. The first-order valence-corrected chi connectivity index (χ1v) is 11.5. The average molecular weight is 447 g/mol. The summed E-state index contributed by atoms with van der Waals surface area (Å²) in [6.45, 7) is 1.81. The molecular formula is C17H20ClN2O6PS. The van der Waals surface area contributed by atoms with E-state index in [1.807, 2.05) is 4.72 Å². The van der Waals surface area contributed by atoms with E-state index in [9.17, 15) is 17.8 Å². The van der Waals surface area contributed by atoms with E-state index in [2.05, 4.69) is 5.32 Å². The highest BCUT2D eigenvalue weighted by atomic mass is 35.5. The first-order valence-electron chi connectivity index (χ1n) is 7.98. The monoisotopic (exact) mass is 446 g/mol. The predicted octanol–water partition coefficient (Wildman–Crippen LogP) is 3.82. The highest BCUT2D eigenvalue weighted by Gasteiger charge is 2.37. The molecule has 0 heterocycles. The van der Waals surface area contributed by atoms with Crippen molar-refractivity contribution in [3.63, 3.8) is 0 Å². The van der Waals surface area contributed by atoms with Crippen molar-refractivity contribution in [2.45, 2.75) is 17.6 Å². The van der Waals surface area contributed by atoms with Gasteiger partial charge in [-0.2, -0.15) is 0 Å². The fraction of sp³-hybridized carbons (Fsp3) is 0.235. The van der Waals surface area contributed by atoms with Crippen LogP contribution in [-0.4, -0.2) is 28.7 Å². The largest absolute Gasteiger partial charge is 0.356 e. The summed E-state index contributed by atoms with van der Waals surface area (Å²) in [4.78, 5) is 12.3. The van der Waals surface area contributed by atoms with E-state index >= 15 is 0 Å². The Morgan fingerprint density at radius 1 is 1.04 bits per heavy atom. The van der Waals surface area contributed by atoms with Crippen LogP contribution in [0.5, 0.6) is 0 Å². The number of rotatable bonds is 7. The number of sulfonamides is 1. The van der Waals surface area contributed by atoms with E-state index in [1.54, 1.807) is 19.1 Å². The Kier molecular flexibility index (Phi) is 7.25. The molecule has 2 aromatic carbocycles. The summed E-state index contributed by atoms with van der Waals surface area (Å²) in [5, 5.41) is 2.78. The second kappa shape index (κ2) is 9.07. The summed E-state index contributed by atoms with van der Waals surface area (Å²) in [5.74, 6) is -1.26. The number of benzene rings is 2. The van der Waals surface area contributed by atoms with Gasteiger partial charge in [0.2, 0.25) is 0 Å². The Labute approximate surface area is 168 Å². The Morgan fingerprint density at radius 2 is 1.57 bits per heavy atom. The number of hydrogen-bond donors (Lipinski definition) is 2. The van der Waals surface area contributed by atoms with Gasteiger partial charge in [0.1, 0.15) is 0 Å². The van der Waals surface area contributed by atoms with E-state index in [0.29, 0.717) is 10.6 Å². The Balaban J connectivity index is 2.28. The van der Waals surface area contributed by atoms with E-state index in [4.69, 9.17) is 20.6 Å². The highest BCUT2D eigenvalue weighted by Crippen LogP contribution is 2.58. The lowest BCUT2D eigenvalue weighted by Gasteiger charge is -2.25. The lowest BCUT2D eigenvalue weighted by Crippen LogP contribution is -2.41. The Morgan fingerprint density at radius 3 is 2.07 bits per heavy atom. The smallest absolute Gasteiger partial charge is 0.319 e. The Bertz CT molecular complexity index is 972. The van der Waals surface area contributed by atoms with Crippen LogP contribution in [0.2, 0.25) is 5.02 Å². The first-order chi connectivity index (χ1) is 13.1. The van der Waals surface area contributed by atoms with Gasteiger partial charge in [-0.05, 0) is 36.8 Å². The van der Waals surface area contributed by atoms with Crippen LogP contribution in [-0.2, 0) is 23.6 Å². The average Bonchev–Trinajstić information content (AvgIpc) is 2.66. The summed E-state index contributed by atoms with van der Waals surface area (Å²) < 4.78 is 49.5. The minimum absolute atomic E-state index is 0.0852. The lowest BCUT2D eigenvalue weighted by atomic mass is 10.2. The summed E-state index contributed by atoms with van der Waals surface area (Å²) in [6.07, 6.45) is 0. The van der Waals surface area contributed by atoms with Gasteiger partial charge in [-0.3, -0.25) is 4.57 Å². The van der Waals surface area contributed by atoms with Crippen LogP contribution in [0.25, 0.3) is 0 Å². The third-order valence-corrected chi connectivity index (χ3v) is 7.51. The summed E-state index contributed by atoms with van der Waals surface area (Å²) in [5.41, 5.74) is 1.23. The van der Waals surface area contributed by atoms with Crippen molar-refractivity contribution in [1.82, 2.24) is 10.0 Å². The maximum absolute atomic E-state index is 12.9. The van der Waals surface area contributed by atoms with Crippen molar-refractivity contribution in [2.75, 3.05) is 14.2 Å². The molecular weight excluding hydrogens is 427 g/mol. The molecule has 8 nitrogen and oxygen atoms in total. The standard InChI is InChI=1S/C17H20ClN2O6PS/c1-12-4-10-15(11-5-12)28(23,24)20-17(21)19-16(27(22,25-2)26-3)13-6-8-14(18)9-7-13/h4-11,16H,1-3H3,(H2,19,20,21). The molecule has 0 saturated heterocycles. The normalized spacial score (nSPS) is 13.0. The van der Waals surface area contributed by atoms with Crippen LogP contribution in [0.15, 0.2) is 53.4 Å². The van der Waals surface area contributed by atoms with Crippen molar-refractivity contribution in [2.24, 2.45) is 0 Å². The van der Waals surface area contributed by atoms with Gasteiger partial charge in [-0.1, -0.05) is 41.4 Å². The van der Waals surface area contributed by atoms with Crippen LogP contribution in [0.1, 0.15) is 16.9 Å². The molecule has 0 saturated carbocycles. The first kappa shape index (κ1) is 22.4. The molecule has 1 unspecified atom stereocenters. The van der Waals surface area contributed by atoms with Crippen LogP contribution in [0, 0.1) is 6.92 Å². The molecule has 0 aromatic heterocycles. The van der Waals surface area contributed by atoms with Crippen LogP contribution >= 0.6 is 19.2 Å². The molecule has 2 aromatic rings. The quantitative estimate of drug-likeness (QED) is 0.625. The van der Waals surface area contributed by atoms with E-state index in [-0.39, 0.29) is 4.90 Å². The van der Waals surface area contributed by atoms with Gasteiger partial charge in [-0.25, -0.2) is 17.9 Å². The van der Waals surface area contributed by atoms with Gasteiger partial charge in [0.15, 0.2) is 5.78 Å². The predicted molar refractivity (Wildman–Crippen MR) is 106 cm³/mol. The fourth-order valence-corrected chi connectivity index (χ4v) is 4.75. The van der Waals surface area contributed by atoms with Gasteiger partial charge in [0.25, 0.3) is 10.0 Å². The zero-order chi connectivity index (χ0) is 20.9. The maximum Gasteiger partial charge on any atom is 0.356 e. The van der Waals surface area contributed by atoms with Gasteiger partial charge in [0.05, 0.1) is 4.90 Å². The van der Waals surface area contributed by atoms with Crippen molar-refractivity contribution >= 4 is 35.3 Å². The SMILES string of the molecule is COP(=O)(OC)C(NC(=O)NS(=O)(=O)c1ccc(C)cc1)c1ccc(Cl)cc1. The molecule has 0 aliphatic heterocycles. The molecule has 28 heavy (non-hydrogen) atoms. The number of hydrogen-bond acceptors (Lipinski definition) is 6.